The average molecular weight is 517 g/mol. The Hall–Kier alpha value is -3.88. The molecule has 1 aliphatic rings. The number of rotatable bonds is 7. The Morgan fingerprint density at radius 2 is 1.84 bits per heavy atom. The zero-order chi connectivity index (χ0) is 25.8. The van der Waals surface area contributed by atoms with Crippen molar-refractivity contribution in [3.8, 4) is 17.0 Å². The molecule has 5 rings (SSSR count). The zero-order valence-corrected chi connectivity index (χ0v) is 21.6. The monoisotopic (exact) mass is 516 g/mol. The van der Waals surface area contributed by atoms with Gasteiger partial charge in [0.1, 0.15) is 11.4 Å². The largest absolute Gasteiger partial charge is 0.495 e. The van der Waals surface area contributed by atoms with Gasteiger partial charge in [-0.25, -0.2) is 4.98 Å². The van der Waals surface area contributed by atoms with Crippen LogP contribution in [0.25, 0.3) is 11.3 Å². The summed E-state index contributed by atoms with van der Waals surface area (Å²) in [5.41, 5.74) is 5.97. The standard InChI is InChI=1S/C28H29ClN6O2/c1-19-22(18-34-13-15-35(16-14-34)24-5-3-4-6-25(24)37-2)27(33-28(36)23-17-30-11-12-31-23)26(32-19)20-7-9-21(29)10-8-20/h3-12,17,32H,13-16,18H2,1-2H3,(H,33,36). The lowest BCUT2D eigenvalue weighted by Gasteiger charge is -2.36. The van der Waals surface area contributed by atoms with Gasteiger partial charge in [-0.05, 0) is 31.2 Å². The predicted octanol–water partition coefficient (Wildman–Crippen LogP) is 5.02. The fraction of sp³-hybridized carbons (Fsp3) is 0.250. The number of halogens is 1. The SMILES string of the molecule is COc1ccccc1N1CCN(Cc2c(C)[nH]c(-c3ccc(Cl)cc3)c2NC(=O)c2cnccn2)CC1. The van der Waals surface area contributed by atoms with Crippen molar-refractivity contribution < 1.29 is 9.53 Å². The average Bonchev–Trinajstić information content (AvgIpc) is 3.24. The number of methoxy groups -OCH3 is 1. The summed E-state index contributed by atoms with van der Waals surface area (Å²) < 4.78 is 5.56. The Bertz CT molecular complexity index is 1370. The topological polar surface area (TPSA) is 86.4 Å². The van der Waals surface area contributed by atoms with E-state index in [0.29, 0.717) is 11.6 Å². The third-order valence-electron chi connectivity index (χ3n) is 6.66. The van der Waals surface area contributed by atoms with Crippen LogP contribution in [0.2, 0.25) is 5.02 Å². The zero-order valence-electron chi connectivity index (χ0n) is 20.9. The quantitative estimate of drug-likeness (QED) is 0.359. The molecule has 1 fully saturated rings. The normalized spacial score (nSPS) is 14.0. The molecule has 1 aliphatic heterocycles. The minimum Gasteiger partial charge on any atom is -0.495 e. The number of para-hydroxylation sites is 2. The molecule has 0 bridgehead atoms. The maximum atomic E-state index is 13.1. The number of aryl methyl sites for hydroxylation is 1. The van der Waals surface area contributed by atoms with Gasteiger partial charge >= 0.3 is 0 Å². The maximum absolute atomic E-state index is 13.1. The van der Waals surface area contributed by atoms with E-state index in [2.05, 4.69) is 36.1 Å². The second-order valence-electron chi connectivity index (χ2n) is 8.97. The van der Waals surface area contributed by atoms with Crippen LogP contribution in [0.3, 0.4) is 0 Å². The number of piperazine rings is 1. The van der Waals surface area contributed by atoms with Gasteiger partial charge < -0.3 is 19.9 Å². The molecule has 0 aliphatic carbocycles. The van der Waals surface area contributed by atoms with Gasteiger partial charge in [0.15, 0.2) is 0 Å². The number of nitrogens with zero attached hydrogens (tertiary/aromatic N) is 4. The van der Waals surface area contributed by atoms with E-state index in [-0.39, 0.29) is 11.6 Å². The van der Waals surface area contributed by atoms with E-state index >= 15 is 0 Å². The molecule has 2 aromatic carbocycles. The molecule has 0 saturated carbocycles. The molecule has 4 aromatic rings. The number of aromatic nitrogens is 3. The minimum absolute atomic E-state index is 0.264. The van der Waals surface area contributed by atoms with Crippen LogP contribution >= 0.6 is 11.6 Å². The van der Waals surface area contributed by atoms with Crippen molar-refractivity contribution in [1.82, 2.24) is 19.9 Å². The summed E-state index contributed by atoms with van der Waals surface area (Å²) in [5.74, 6) is 0.587. The number of carbonyl (C=O) groups excluding carboxylic acids is 1. The molecule has 8 nitrogen and oxygen atoms in total. The third-order valence-corrected chi connectivity index (χ3v) is 6.92. The second-order valence-corrected chi connectivity index (χ2v) is 9.40. The first-order valence-corrected chi connectivity index (χ1v) is 12.6. The van der Waals surface area contributed by atoms with Crippen LogP contribution in [0.5, 0.6) is 5.75 Å². The highest BCUT2D eigenvalue weighted by atomic mass is 35.5. The fourth-order valence-corrected chi connectivity index (χ4v) is 4.81. The number of hydrogen-bond donors (Lipinski definition) is 2. The van der Waals surface area contributed by atoms with E-state index in [1.54, 1.807) is 13.3 Å². The Morgan fingerprint density at radius 3 is 2.54 bits per heavy atom. The first kappa shape index (κ1) is 24.8. The summed E-state index contributed by atoms with van der Waals surface area (Å²) in [7, 11) is 1.71. The number of anilines is 2. The lowest BCUT2D eigenvalue weighted by Crippen LogP contribution is -2.46. The summed E-state index contributed by atoms with van der Waals surface area (Å²) in [6.07, 6.45) is 4.53. The predicted molar refractivity (Wildman–Crippen MR) is 146 cm³/mol. The second kappa shape index (κ2) is 11.0. The summed E-state index contributed by atoms with van der Waals surface area (Å²) in [6.45, 7) is 6.28. The molecule has 0 unspecified atom stereocenters. The molecule has 9 heteroatoms. The fourth-order valence-electron chi connectivity index (χ4n) is 4.69. The highest BCUT2D eigenvalue weighted by Gasteiger charge is 2.25. The van der Waals surface area contributed by atoms with Crippen LogP contribution in [-0.4, -0.2) is 59.0 Å². The summed E-state index contributed by atoms with van der Waals surface area (Å²) in [5, 5.41) is 3.77. The number of carbonyl (C=O) groups is 1. The van der Waals surface area contributed by atoms with Crippen LogP contribution in [0.4, 0.5) is 11.4 Å². The van der Waals surface area contributed by atoms with E-state index in [9.17, 15) is 4.79 Å². The van der Waals surface area contributed by atoms with Gasteiger partial charge in [-0.15, -0.1) is 0 Å². The third kappa shape index (κ3) is 5.45. The Morgan fingerprint density at radius 1 is 1.08 bits per heavy atom. The first-order valence-electron chi connectivity index (χ1n) is 12.2. The van der Waals surface area contributed by atoms with Crippen molar-refractivity contribution in [3.63, 3.8) is 0 Å². The Kier molecular flexibility index (Phi) is 7.39. The number of hydrogen-bond acceptors (Lipinski definition) is 6. The number of H-pyrrole nitrogens is 1. The van der Waals surface area contributed by atoms with Crippen molar-refractivity contribution >= 4 is 28.9 Å². The number of ether oxygens (including phenoxy) is 1. The van der Waals surface area contributed by atoms with Crippen molar-refractivity contribution in [2.24, 2.45) is 0 Å². The van der Waals surface area contributed by atoms with E-state index in [1.807, 2.05) is 49.4 Å². The van der Waals surface area contributed by atoms with Gasteiger partial charge in [0, 0.05) is 67.0 Å². The van der Waals surface area contributed by atoms with E-state index < -0.39 is 0 Å². The minimum atomic E-state index is -0.301. The number of nitrogens with one attached hydrogen (secondary N) is 2. The lowest BCUT2D eigenvalue weighted by atomic mass is 10.1. The highest BCUT2D eigenvalue weighted by Crippen LogP contribution is 2.35. The molecule has 0 atom stereocenters. The van der Waals surface area contributed by atoms with Crippen LogP contribution in [0, 0.1) is 6.92 Å². The molecule has 2 N–H and O–H groups in total. The summed E-state index contributed by atoms with van der Waals surface area (Å²) in [6, 6.07) is 15.7. The highest BCUT2D eigenvalue weighted by molar-refractivity contribution is 6.30. The summed E-state index contributed by atoms with van der Waals surface area (Å²) in [4.78, 5) is 29.5. The van der Waals surface area contributed by atoms with E-state index in [0.717, 1.165) is 65.8 Å². The smallest absolute Gasteiger partial charge is 0.275 e. The number of benzene rings is 2. The molecule has 3 heterocycles. The number of amides is 1. The van der Waals surface area contributed by atoms with Gasteiger partial charge in [-0.3, -0.25) is 14.7 Å². The Balaban J connectivity index is 1.39. The van der Waals surface area contributed by atoms with Crippen molar-refractivity contribution in [1.29, 1.82) is 0 Å². The van der Waals surface area contributed by atoms with Crippen molar-refractivity contribution in [3.05, 3.63) is 89.1 Å². The van der Waals surface area contributed by atoms with Crippen LogP contribution in [0.1, 0.15) is 21.7 Å². The summed E-state index contributed by atoms with van der Waals surface area (Å²) >= 11 is 6.13. The molecule has 0 radical (unpaired) electrons. The van der Waals surface area contributed by atoms with Gasteiger partial charge in [0.25, 0.3) is 5.91 Å². The van der Waals surface area contributed by atoms with Crippen molar-refractivity contribution in [2.45, 2.75) is 13.5 Å². The molecule has 1 amide bonds. The van der Waals surface area contributed by atoms with E-state index in [4.69, 9.17) is 16.3 Å². The van der Waals surface area contributed by atoms with Gasteiger partial charge in [-0.2, -0.15) is 0 Å². The number of aromatic amines is 1. The van der Waals surface area contributed by atoms with Crippen molar-refractivity contribution in [2.75, 3.05) is 43.5 Å². The first-order chi connectivity index (χ1) is 18.0. The Labute approximate surface area is 221 Å². The van der Waals surface area contributed by atoms with Crippen LogP contribution < -0.4 is 15.0 Å². The van der Waals surface area contributed by atoms with E-state index in [1.165, 1.54) is 12.4 Å². The molecule has 2 aromatic heterocycles. The molecule has 1 saturated heterocycles. The lowest BCUT2D eigenvalue weighted by molar-refractivity contribution is 0.102. The molecular formula is C28H29ClN6O2. The van der Waals surface area contributed by atoms with Gasteiger partial charge in [0.05, 0.1) is 30.4 Å². The maximum Gasteiger partial charge on any atom is 0.275 e. The molecular weight excluding hydrogens is 488 g/mol. The van der Waals surface area contributed by atoms with Crippen LogP contribution in [0.15, 0.2) is 67.1 Å². The molecule has 0 spiro atoms. The molecule has 37 heavy (non-hydrogen) atoms. The van der Waals surface area contributed by atoms with Gasteiger partial charge in [0.2, 0.25) is 0 Å². The van der Waals surface area contributed by atoms with Gasteiger partial charge in [-0.1, -0.05) is 35.9 Å². The van der Waals surface area contributed by atoms with Crippen LogP contribution in [-0.2, 0) is 6.54 Å². The molecule has 190 valence electrons.